The number of carbonyl (C=O) groups is 2. The second-order valence-corrected chi connectivity index (χ2v) is 14.3. The number of ether oxygens (including phenoxy) is 1. The molecule has 1 fully saturated rings. The number of nitrogens with zero attached hydrogens (tertiary/aromatic N) is 2. The van der Waals surface area contributed by atoms with Gasteiger partial charge in [0.1, 0.15) is 18.3 Å². The summed E-state index contributed by atoms with van der Waals surface area (Å²) in [5.41, 5.74) is 1.93. The lowest BCUT2D eigenvalue weighted by Gasteiger charge is -2.35. The molecule has 0 aliphatic heterocycles. The molecule has 0 bridgehead atoms. The lowest BCUT2D eigenvalue weighted by Crippen LogP contribution is -2.55. The Morgan fingerprint density at radius 3 is 2.15 bits per heavy atom. The predicted molar refractivity (Wildman–Crippen MR) is 190 cm³/mol. The Morgan fingerprint density at radius 2 is 1.50 bits per heavy atom. The highest BCUT2D eigenvalue weighted by atomic mass is 35.5. The summed E-state index contributed by atoms with van der Waals surface area (Å²) in [4.78, 5) is 30.4. The molecule has 0 unspecified atom stereocenters. The molecule has 8 nitrogen and oxygen atoms in total. The van der Waals surface area contributed by atoms with Gasteiger partial charge in [-0.3, -0.25) is 13.9 Å². The number of hydrogen-bond donors (Lipinski definition) is 1. The Hall–Kier alpha value is -4.34. The first-order valence-electron chi connectivity index (χ1n) is 16.4. The van der Waals surface area contributed by atoms with E-state index >= 15 is 0 Å². The first-order valence-corrected chi connectivity index (χ1v) is 18.2. The zero-order valence-corrected chi connectivity index (χ0v) is 28.7. The van der Waals surface area contributed by atoms with E-state index in [9.17, 15) is 18.0 Å². The molecule has 10 heteroatoms. The fourth-order valence-electron chi connectivity index (χ4n) is 6.06. The molecule has 1 N–H and O–H groups in total. The van der Waals surface area contributed by atoms with E-state index in [1.165, 1.54) is 17.0 Å². The Balaban J connectivity index is 1.54. The number of nitrogens with one attached hydrogen (secondary N) is 1. The highest BCUT2D eigenvalue weighted by Crippen LogP contribution is 2.27. The monoisotopic (exact) mass is 687 g/mol. The molecule has 0 spiro atoms. The summed E-state index contributed by atoms with van der Waals surface area (Å²) in [6.07, 6.45) is 5.23. The van der Waals surface area contributed by atoms with Crippen LogP contribution in [0.4, 0.5) is 5.69 Å². The molecule has 252 valence electrons. The third kappa shape index (κ3) is 9.17. The van der Waals surface area contributed by atoms with Gasteiger partial charge in [0, 0.05) is 24.0 Å². The smallest absolute Gasteiger partial charge is 0.264 e. The van der Waals surface area contributed by atoms with Crippen molar-refractivity contribution in [1.82, 2.24) is 10.2 Å². The van der Waals surface area contributed by atoms with Gasteiger partial charge in [0.05, 0.1) is 17.2 Å². The van der Waals surface area contributed by atoms with Crippen molar-refractivity contribution in [2.75, 3.05) is 17.5 Å². The van der Waals surface area contributed by atoms with Gasteiger partial charge >= 0.3 is 0 Å². The molecule has 0 saturated heterocycles. The van der Waals surface area contributed by atoms with Crippen LogP contribution in [0, 0.1) is 0 Å². The van der Waals surface area contributed by atoms with E-state index in [2.05, 4.69) is 5.32 Å². The van der Waals surface area contributed by atoms with Crippen molar-refractivity contribution in [3.63, 3.8) is 0 Å². The maximum atomic E-state index is 14.6. The number of carbonyl (C=O) groups excluding carboxylic acids is 2. The number of amides is 2. The number of rotatable bonds is 14. The van der Waals surface area contributed by atoms with Gasteiger partial charge in [0.25, 0.3) is 10.0 Å². The Labute approximate surface area is 288 Å². The van der Waals surface area contributed by atoms with Gasteiger partial charge < -0.3 is 15.0 Å². The molecule has 5 rings (SSSR count). The van der Waals surface area contributed by atoms with Crippen LogP contribution >= 0.6 is 11.6 Å². The predicted octanol–water partition coefficient (Wildman–Crippen LogP) is 7.02. The van der Waals surface area contributed by atoms with Crippen molar-refractivity contribution in [2.24, 2.45) is 0 Å². The third-order valence-electron chi connectivity index (χ3n) is 8.51. The zero-order chi connectivity index (χ0) is 33.9. The van der Waals surface area contributed by atoms with Crippen molar-refractivity contribution in [2.45, 2.75) is 69.0 Å². The summed E-state index contributed by atoms with van der Waals surface area (Å²) in [5.74, 6) is -0.242. The SMILES string of the molecule is CCOc1ccc(S(=O)(=O)N(CC(=O)N(Cc2cccc(Cl)c2)[C@@H](Cc2ccccc2)C(=O)NC2CCCCC2)c2ccccc2)cc1. The molecule has 2 amide bonds. The molecule has 1 aliphatic rings. The van der Waals surface area contributed by atoms with Crippen LogP contribution in [0.25, 0.3) is 0 Å². The summed E-state index contributed by atoms with van der Waals surface area (Å²) >= 11 is 6.35. The van der Waals surface area contributed by atoms with Gasteiger partial charge in [-0.15, -0.1) is 0 Å². The average molecular weight is 688 g/mol. The van der Waals surface area contributed by atoms with E-state index in [1.54, 1.807) is 60.7 Å². The molecule has 0 heterocycles. The zero-order valence-electron chi connectivity index (χ0n) is 27.1. The van der Waals surface area contributed by atoms with Gasteiger partial charge in [0.2, 0.25) is 11.8 Å². The number of halogens is 1. The average Bonchev–Trinajstić information content (AvgIpc) is 3.10. The first-order chi connectivity index (χ1) is 23.2. The highest BCUT2D eigenvalue weighted by Gasteiger charge is 2.35. The standard InChI is InChI=1S/C38H42ClN3O5S/c1-2-47-34-21-23-35(24-22-34)48(45,46)42(33-19-10-5-11-20-33)28-37(43)41(27-30-15-12-16-31(39)25-30)36(26-29-13-6-3-7-14-29)38(44)40-32-17-8-4-9-18-32/h3,5-7,10-16,19-25,32,36H,2,4,8-9,17-18,26-28H2,1H3,(H,40,44)/t36-/m0/s1. The number of sulfonamides is 1. The molecule has 48 heavy (non-hydrogen) atoms. The Kier molecular flexibility index (Phi) is 12.1. The molecule has 4 aromatic carbocycles. The van der Waals surface area contributed by atoms with Gasteiger partial charge in [0.15, 0.2) is 0 Å². The van der Waals surface area contributed by atoms with Crippen LogP contribution in [0.2, 0.25) is 5.02 Å². The van der Waals surface area contributed by atoms with Crippen LogP contribution in [0.3, 0.4) is 0 Å². The molecule has 1 atom stereocenters. The maximum Gasteiger partial charge on any atom is 0.264 e. The van der Waals surface area contributed by atoms with Gasteiger partial charge in [-0.1, -0.05) is 91.5 Å². The van der Waals surface area contributed by atoms with Crippen LogP contribution in [0.15, 0.2) is 114 Å². The second-order valence-electron chi connectivity index (χ2n) is 12.0. The fourth-order valence-corrected chi connectivity index (χ4v) is 7.68. The van der Waals surface area contributed by atoms with Crippen LogP contribution in [-0.4, -0.2) is 50.4 Å². The van der Waals surface area contributed by atoms with Gasteiger partial charge in [-0.25, -0.2) is 8.42 Å². The van der Waals surface area contributed by atoms with Crippen molar-refractivity contribution in [1.29, 1.82) is 0 Å². The molecule has 0 radical (unpaired) electrons. The summed E-state index contributed by atoms with van der Waals surface area (Å²) in [5, 5.41) is 3.72. The third-order valence-corrected chi connectivity index (χ3v) is 10.5. The van der Waals surface area contributed by atoms with E-state index in [4.69, 9.17) is 16.3 Å². The fraction of sp³-hybridized carbons (Fsp3) is 0.316. The largest absolute Gasteiger partial charge is 0.494 e. The van der Waals surface area contributed by atoms with Crippen LogP contribution in [0.1, 0.15) is 50.2 Å². The Morgan fingerprint density at radius 1 is 0.854 bits per heavy atom. The van der Waals surface area contributed by atoms with Crippen LogP contribution < -0.4 is 14.4 Å². The van der Waals surface area contributed by atoms with Crippen molar-refractivity contribution < 1.29 is 22.7 Å². The first kappa shape index (κ1) is 35.0. The van der Waals surface area contributed by atoms with Gasteiger partial charge in [-0.05, 0) is 79.4 Å². The quantitative estimate of drug-likeness (QED) is 0.154. The highest BCUT2D eigenvalue weighted by molar-refractivity contribution is 7.92. The molecule has 0 aromatic heterocycles. The van der Waals surface area contributed by atoms with E-state index in [-0.39, 0.29) is 29.8 Å². The number of hydrogen-bond acceptors (Lipinski definition) is 5. The van der Waals surface area contributed by atoms with E-state index in [0.717, 1.165) is 47.5 Å². The second kappa shape index (κ2) is 16.7. The summed E-state index contributed by atoms with van der Waals surface area (Å²) < 4.78 is 35.1. The molecule has 1 aliphatic carbocycles. The van der Waals surface area contributed by atoms with Crippen LogP contribution in [-0.2, 0) is 32.6 Å². The van der Waals surface area contributed by atoms with E-state index in [1.807, 2.05) is 43.3 Å². The summed E-state index contributed by atoms with van der Waals surface area (Å²) in [7, 11) is -4.21. The molecular formula is C38H42ClN3O5S. The number of para-hydroxylation sites is 1. The van der Waals surface area contributed by atoms with Crippen molar-refractivity contribution in [3.05, 3.63) is 125 Å². The topological polar surface area (TPSA) is 96.0 Å². The molecule has 4 aromatic rings. The lowest BCUT2D eigenvalue weighted by atomic mass is 9.94. The summed E-state index contributed by atoms with van der Waals surface area (Å²) in [6, 6.07) is 30.5. The number of benzene rings is 4. The molecule has 1 saturated carbocycles. The lowest BCUT2D eigenvalue weighted by molar-refractivity contribution is -0.140. The Bertz CT molecular complexity index is 1750. The summed E-state index contributed by atoms with van der Waals surface area (Å²) in [6.45, 7) is 1.82. The maximum absolute atomic E-state index is 14.6. The van der Waals surface area contributed by atoms with E-state index < -0.39 is 28.5 Å². The van der Waals surface area contributed by atoms with E-state index in [0.29, 0.717) is 23.1 Å². The minimum absolute atomic E-state index is 0.0138. The van der Waals surface area contributed by atoms with Crippen LogP contribution in [0.5, 0.6) is 5.75 Å². The normalized spacial score (nSPS) is 14.1. The van der Waals surface area contributed by atoms with Crippen molar-refractivity contribution in [3.8, 4) is 5.75 Å². The van der Waals surface area contributed by atoms with Crippen molar-refractivity contribution >= 4 is 39.1 Å². The number of anilines is 1. The minimum Gasteiger partial charge on any atom is -0.494 e. The minimum atomic E-state index is -4.21. The molecular weight excluding hydrogens is 646 g/mol. The van der Waals surface area contributed by atoms with Gasteiger partial charge in [-0.2, -0.15) is 0 Å².